The average molecular weight is 658 g/mol. The standard InChI is InChI=1S/C34H42Cl2N4O5/c1-18-15-23(16-19(2)29(18)36)44-14-10-11-24-25-12-13-26(35)28(27-21(4)38-39(9)22(27)5)30(25)40(31(24)32(41)42)17-20(3)37-33(43)45-34(6,7)8/h12-13,15-16,20H,10-11,14,17H2,1-9H3,(H,37,43)(H,41,42). The number of amides is 1. The lowest BCUT2D eigenvalue weighted by Crippen LogP contribution is -2.40. The summed E-state index contributed by atoms with van der Waals surface area (Å²) < 4.78 is 15.1. The Morgan fingerprint density at radius 2 is 1.71 bits per heavy atom. The van der Waals surface area contributed by atoms with Crippen LogP contribution in [0.5, 0.6) is 5.75 Å². The maximum atomic E-state index is 13.0. The van der Waals surface area contributed by atoms with Crippen molar-refractivity contribution in [3.63, 3.8) is 0 Å². The first kappa shape index (κ1) is 34.2. The van der Waals surface area contributed by atoms with E-state index in [1.165, 1.54) is 0 Å². The quantitative estimate of drug-likeness (QED) is 0.167. The van der Waals surface area contributed by atoms with E-state index in [0.29, 0.717) is 51.9 Å². The smallest absolute Gasteiger partial charge is 0.407 e. The zero-order valence-corrected chi connectivity index (χ0v) is 28.9. The number of carbonyl (C=O) groups excluding carboxylic acids is 1. The Bertz CT molecular complexity index is 1740. The molecule has 4 aromatic rings. The second-order valence-corrected chi connectivity index (χ2v) is 13.4. The van der Waals surface area contributed by atoms with Gasteiger partial charge in [-0.05, 0) is 103 Å². The van der Waals surface area contributed by atoms with Gasteiger partial charge >= 0.3 is 12.1 Å². The van der Waals surface area contributed by atoms with E-state index in [-0.39, 0.29) is 12.2 Å². The first-order chi connectivity index (χ1) is 21.0. The minimum atomic E-state index is -1.07. The molecule has 0 aliphatic heterocycles. The highest BCUT2D eigenvalue weighted by Gasteiger charge is 2.29. The Labute approximate surface area is 274 Å². The Hall–Kier alpha value is -3.69. The molecule has 11 heteroatoms. The predicted octanol–water partition coefficient (Wildman–Crippen LogP) is 8.21. The number of benzene rings is 2. The molecule has 0 saturated heterocycles. The van der Waals surface area contributed by atoms with Crippen LogP contribution >= 0.6 is 23.2 Å². The van der Waals surface area contributed by atoms with E-state index in [9.17, 15) is 14.7 Å². The molecule has 0 radical (unpaired) electrons. The van der Waals surface area contributed by atoms with Gasteiger partial charge in [0.15, 0.2) is 0 Å². The third-order valence-corrected chi connectivity index (χ3v) is 8.62. The summed E-state index contributed by atoms with van der Waals surface area (Å²) in [6, 6.07) is 7.01. The fourth-order valence-corrected chi connectivity index (χ4v) is 6.16. The zero-order chi connectivity index (χ0) is 33.4. The minimum absolute atomic E-state index is 0.142. The van der Waals surface area contributed by atoms with Gasteiger partial charge in [0.25, 0.3) is 0 Å². The average Bonchev–Trinajstić information content (AvgIpc) is 3.35. The molecule has 0 bridgehead atoms. The van der Waals surface area contributed by atoms with Crippen LogP contribution in [0.1, 0.15) is 72.7 Å². The lowest BCUT2D eigenvalue weighted by atomic mass is 9.98. The third kappa shape index (κ3) is 7.42. The van der Waals surface area contributed by atoms with Gasteiger partial charge in [0.05, 0.1) is 22.8 Å². The van der Waals surface area contributed by atoms with Crippen molar-refractivity contribution in [1.29, 1.82) is 0 Å². The maximum absolute atomic E-state index is 13.0. The maximum Gasteiger partial charge on any atom is 0.407 e. The molecule has 2 aromatic heterocycles. The van der Waals surface area contributed by atoms with Gasteiger partial charge in [-0.15, -0.1) is 0 Å². The second-order valence-electron chi connectivity index (χ2n) is 12.6. The lowest BCUT2D eigenvalue weighted by molar-refractivity contribution is 0.0504. The highest BCUT2D eigenvalue weighted by Crippen LogP contribution is 2.42. The number of halogens is 2. The van der Waals surface area contributed by atoms with Gasteiger partial charge in [0.2, 0.25) is 0 Å². The van der Waals surface area contributed by atoms with Crippen LogP contribution in [0.2, 0.25) is 10.0 Å². The Morgan fingerprint density at radius 3 is 2.27 bits per heavy atom. The normalized spacial score (nSPS) is 12.4. The molecule has 2 aromatic carbocycles. The number of carboxylic acid groups (broad SMARTS) is 1. The van der Waals surface area contributed by atoms with Gasteiger partial charge in [-0.1, -0.05) is 29.3 Å². The Balaban J connectivity index is 1.80. The van der Waals surface area contributed by atoms with E-state index >= 15 is 0 Å². The van der Waals surface area contributed by atoms with E-state index < -0.39 is 23.7 Å². The molecule has 9 nitrogen and oxygen atoms in total. The predicted molar refractivity (Wildman–Crippen MR) is 179 cm³/mol. The SMILES string of the molecule is Cc1cc(OCCCc2c(C(=O)O)n(CC(C)NC(=O)OC(C)(C)C)c3c(-c4c(C)nn(C)c4C)c(Cl)ccc23)cc(C)c1Cl. The lowest BCUT2D eigenvalue weighted by Gasteiger charge is -2.23. The van der Waals surface area contributed by atoms with Gasteiger partial charge in [-0.3, -0.25) is 4.68 Å². The largest absolute Gasteiger partial charge is 0.494 e. The molecule has 1 unspecified atom stereocenters. The number of ether oxygens (including phenoxy) is 2. The number of hydrogen-bond acceptors (Lipinski definition) is 5. The fraction of sp³-hybridized carbons (Fsp3) is 0.441. The summed E-state index contributed by atoms with van der Waals surface area (Å²) in [6.45, 7) is 15.5. The minimum Gasteiger partial charge on any atom is -0.494 e. The molecular weight excluding hydrogens is 615 g/mol. The van der Waals surface area contributed by atoms with E-state index in [0.717, 1.165) is 33.5 Å². The summed E-state index contributed by atoms with van der Waals surface area (Å²) in [5.74, 6) is -0.355. The summed E-state index contributed by atoms with van der Waals surface area (Å²) in [5, 5.41) is 20.1. The van der Waals surface area contributed by atoms with Crippen LogP contribution < -0.4 is 10.1 Å². The van der Waals surface area contributed by atoms with Gasteiger partial charge in [-0.2, -0.15) is 5.10 Å². The third-order valence-electron chi connectivity index (χ3n) is 7.71. The van der Waals surface area contributed by atoms with Crippen LogP contribution in [0, 0.1) is 27.7 Å². The van der Waals surface area contributed by atoms with Gasteiger partial charge in [0.1, 0.15) is 17.0 Å². The second kappa shape index (κ2) is 13.3. The van der Waals surface area contributed by atoms with Gasteiger partial charge in [-0.25, -0.2) is 9.59 Å². The van der Waals surface area contributed by atoms with Crippen molar-refractivity contribution in [3.05, 3.63) is 68.1 Å². The molecular formula is C34H42Cl2N4O5. The van der Waals surface area contributed by atoms with Crippen molar-refractivity contribution < 1.29 is 24.2 Å². The summed E-state index contributed by atoms with van der Waals surface area (Å²) >= 11 is 13.2. The van der Waals surface area contributed by atoms with Crippen LogP contribution in [0.4, 0.5) is 4.79 Å². The molecule has 0 aliphatic carbocycles. The molecule has 0 aliphatic rings. The number of carbonyl (C=O) groups is 2. The fourth-order valence-electron chi connectivity index (χ4n) is 5.80. The van der Waals surface area contributed by atoms with Crippen molar-refractivity contribution in [3.8, 4) is 16.9 Å². The van der Waals surface area contributed by atoms with Crippen molar-refractivity contribution in [1.82, 2.24) is 19.7 Å². The van der Waals surface area contributed by atoms with E-state index in [4.69, 9.17) is 32.7 Å². The molecule has 45 heavy (non-hydrogen) atoms. The summed E-state index contributed by atoms with van der Waals surface area (Å²) in [7, 11) is 1.86. The number of fused-ring (bicyclic) bond motifs is 1. The number of alkyl carbamates (subject to hydrolysis) is 1. The number of nitrogens with zero attached hydrogens (tertiary/aromatic N) is 3. The van der Waals surface area contributed by atoms with Crippen molar-refractivity contribution in [2.24, 2.45) is 7.05 Å². The molecule has 2 heterocycles. The molecule has 0 fully saturated rings. The van der Waals surface area contributed by atoms with Gasteiger partial charge in [0, 0.05) is 46.9 Å². The summed E-state index contributed by atoms with van der Waals surface area (Å²) in [4.78, 5) is 25.6. The van der Waals surface area contributed by atoms with Crippen molar-refractivity contribution in [2.75, 3.05) is 6.61 Å². The number of hydrogen-bond donors (Lipinski definition) is 2. The van der Waals surface area contributed by atoms with Crippen LogP contribution in [0.3, 0.4) is 0 Å². The van der Waals surface area contributed by atoms with Gasteiger partial charge < -0.3 is 24.5 Å². The van der Waals surface area contributed by atoms with Crippen LogP contribution in [0.15, 0.2) is 24.3 Å². The van der Waals surface area contributed by atoms with Crippen molar-refractivity contribution in [2.45, 2.75) is 86.4 Å². The number of aromatic nitrogens is 3. The molecule has 4 rings (SSSR count). The number of rotatable bonds is 10. The highest BCUT2D eigenvalue weighted by atomic mass is 35.5. The summed E-state index contributed by atoms with van der Waals surface area (Å²) in [5.41, 5.74) is 5.91. The molecule has 0 spiro atoms. The topological polar surface area (TPSA) is 108 Å². The Kier molecular flexibility index (Phi) is 10.1. The monoisotopic (exact) mass is 656 g/mol. The Morgan fingerprint density at radius 1 is 1.07 bits per heavy atom. The van der Waals surface area contributed by atoms with E-state index in [1.807, 2.05) is 65.9 Å². The molecule has 2 N–H and O–H groups in total. The van der Waals surface area contributed by atoms with E-state index in [2.05, 4.69) is 10.4 Å². The molecule has 0 saturated carbocycles. The summed E-state index contributed by atoms with van der Waals surface area (Å²) in [6.07, 6.45) is 0.427. The molecule has 1 amide bonds. The van der Waals surface area contributed by atoms with Crippen LogP contribution in [-0.4, -0.2) is 49.8 Å². The number of nitrogens with one attached hydrogen (secondary N) is 1. The van der Waals surface area contributed by atoms with Crippen LogP contribution in [0.25, 0.3) is 22.0 Å². The molecule has 242 valence electrons. The first-order valence-corrected chi connectivity index (χ1v) is 15.7. The number of aryl methyl sites for hydroxylation is 5. The first-order valence-electron chi connectivity index (χ1n) is 15.0. The van der Waals surface area contributed by atoms with E-state index in [1.54, 1.807) is 30.0 Å². The number of aromatic carboxylic acids is 1. The highest BCUT2D eigenvalue weighted by molar-refractivity contribution is 6.35. The van der Waals surface area contributed by atoms with Crippen molar-refractivity contribution >= 4 is 46.2 Å². The van der Waals surface area contributed by atoms with Crippen LogP contribution in [-0.2, 0) is 24.8 Å². The molecule has 1 atom stereocenters. The zero-order valence-electron chi connectivity index (χ0n) is 27.4. The number of carboxylic acids is 1.